The van der Waals surface area contributed by atoms with Crippen LogP contribution in [0.3, 0.4) is 0 Å². The molecule has 2 aromatic carbocycles. The van der Waals surface area contributed by atoms with Crippen LogP contribution in [0.4, 0.5) is 10.1 Å². The van der Waals surface area contributed by atoms with Crippen LogP contribution in [0, 0.1) is 5.82 Å². The number of nitrogens with zero attached hydrogens (tertiary/aromatic N) is 2. The summed E-state index contributed by atoms with van der Waals surface area (Å²) >= 11 is 0. The van der Waals surface area contributed by atoms with Gasteiger partial charge >= 0.3 is 0 Å². The lowest BCUT2D eigenvalue weighted by atomic mass is 9.81. The molecule has 0 spiro atoms. The summed E-state index contributed by atoms with van der Waals surface area (Å²) in [6, 6.07) is 8.84. The fourth-order valence-electron chi connectivity index (χ4n) is 5.26. The van der Waals surface area contributed by atoms with E-state index in [1.165, 1.54) is 6.07 Å². The molecule has 0 amide bonds. The Labute approximate surface area is 187 Å². The fraction of sp³-hybridized carbons (Fsp3) is 0.240. The van der Waals surface area contributed by atoms with E-state index in [9.17, 15) is 14.3 Å². The molecule has 6 rings (SSSR count). The highest BCUT2D eigenvalue weighted by molar-refractivity contribution is 6.15. The lowest BCUT2D eigenvalue weighted by Crippen LogP contribution is -2.18. The summed E-state index contributed by atoms with van der Waals surface area (Å²) in [5.41, 5.74) is 10.0. The lowest BCUT2D eigenvalue weighted by molar-refractivity contribution is 0.122. The summed E-state index contributed by atoms with van der Waals surface area (Å²) < 4.78 is 14.4. The van der Waals surface area contributed by atoms with Crippen LogP contribution in [0.1, 0.15) is 37.2 Å². The topological polar surface area (TPSA) is 121 Å². The first kappa shape index (κ1) is 19.9. The van der Waals surface area contributed by atoms with Crippen molar-refractivity contribution >= 4 is 38.4 Å². The van der Waals surface area contributed by atoms with Gasteiger partial charge in [-0.15, -0.1) is 0 Å². The van der Waals surface area contributed by atoms with Crippen molar-refractivity contribution in [3.05, 3.63) is 64.5 Å². The Morgan fingerprint density at radius 3 is 2.70 bits per heavy atom. The van der Waals surface area contributed by atoms with Gasteiger partial charge in [0.05, 0.1) is 23.3 Å². The maximum atomic E-state index is 14.4. The van der Waals surface area contributed by atoms with Gasteiger partial charge in [0, 0.05) is 27.9 Å². The number of nitrogens with two attached hydrogens (primary N) is 1. The van der Waals surface area contributed by atoms with Crippen molar-refractivity contribution in [3.8, 4) is 11.1 Å². The number of H-pyrrole nitrogens is 2. The number of hydrogen-bond donors (Lipinski definition) is 4. The average Bonchev–Trinajstić information content (AvgIpc) is 3.32. The van der Waals surface area contributed by atoms with E-state index in [0.717, 1.165) is 47.5 Å². The summed E-state index contributed by atoms with van der Waals surface area (Å²) in [5, 5.41) is 18.9. The van der Waals surface area contributed by atoms with Crippen LogP contribution in [0.2, 0.25) is 0 Å². The Morgan fingerprint density at radius 2 is 1.88 bits per heavy atom. The standard InChI is InChI=1S/C25H22FN5O2/c26-19-8-7-14(18-11-29-31-24(18)19)20-17-10-16(12-3-5-13(32)6-4-12)22-15(2-1-9-28-22)23(17)30-25(33)21(20)27/h1-2,7-13,32H,3-6,27H2,(H,29,31)(H,30,33). The van der Waals surface area contributed by atoms with Crippen molar-refractivity contribution < 1.29 is 9.50 Å². The molecular weight excluding hydrogens is 421 g/mol. The first-order valence-electron chi connectivity index (χ1n) is 11.1. The van der Waals surface area contributed by atoms with Crippen LogP contribution in [0.15, 0.2) is 47.5 Å². The zero-order valence-corrected chi connectivity index (χ0v) is 17.7. The Balaban J connectivity index is 1.73. The van der Waals surface area contributed by atoms with Crippen LogP contribution in [-0.2, 0) is 0 Å². The zero-order chi connectivity index (χ0) is 22.7. The number of anilines is 1. The number of fused-ring (bicyclic) bond motifs is 4. The summed E-state index contributed by atoms with van der Waals surface area (Å²) in [4.78, 5) is 20.5. The molecule has 1 aliphatic rings. The van der Waals surface area contributed by atoms with Crippen LogP contribution >= 0.6 is 0 Å². The van der Waals surface area contributed by atoms with Crippen LogP contribution in [0.5, 0.6) is 0 Å². The number of hydrogen-bond acceptors (Lipinski definition) is 5. The molecule has 0 saturated heterocycles. The molecular formula is C25H22FN5O2. The first-order chi connectivity index (χ1) is 16.0. The quantitative estimate of drug-likeness (QED) is 0.302. The highest BCUT2D eigenvalue weighted by Crippen LogP contribution is 2.42. The van der Waals surface area contributed by atoms with Gasteiger partial charge in [-0.1, -0.05) is 6.07 Å². The molecule has 0 radical (unpaired) electrons. The van der Waals surface area contributed by atoms with Gasteiger partial charge in [-0.3, -0.25) is 14.9 Å². The van der Waals surface area contributed by atoms with E-state index in [1.54, 1.807) is 18.5 Å². The Morgan fingerprint density at radius 1 is 1.06 bits per heavy atom. The molecule has 1 aliphatic carbocycles. The molecule has 5 N–H and O–H groups in total. The Hall–Kier alpha value is -3.78. The van der Waals surface area contributed by atoms with E-state index < -0.39 is 11.4 Å². The smallest absolute Gasteiger partial charge is 0.272 e. The lowest BCUT2D eigenvalue weighted by Gasteiger charge is -2.27. The van der Waals surface area contributed by atoms with Gasteiger partial charge in [0.25, 0.3) is 5.56 Å². The van der Waals surface area contributed by atoms with Crippen LogP contribution in [-0.4, -0.2) is 31.4 Å². The second-order valence-corrected chi connectivity index (χ2v) is 8.79. The summed E-state index contributed by atoms with van der Waals surface area (Å²) in [6.07, 6.45) is 6.23. The number of aliphatic hydroxyl groups excluding tert-OH is 1. The van der Waals surface area contributed by atoms with Crippen molar-refractivity contribution in [2.75, 3.05) is 5.73 Å². The minimum Gasteiger partial charge on any atom is -0.394 e. The molecule has 3 aromatic heterocycles. The van der Waals surface area contributed by atoms with Crippen molar-refractivity contribution in [1.29, 1.82) is 0 Å². The van der Waals surface area contributed by atoms with E-state index in [4.69, 9.17) is 5.73 Å². The molecule has 8 heteroatoms. The molecule has 3 heterocycles. The van der Waals surface area contributed by atoms with Crippen molar-refractivity contribution in [2.45, 2.75) is 37.7 Å². The molecule has 0 aliphatic heterocycles. The monoisotopic (exact) mass is 443 g/mol. The molecule has 1 fully saturated rings. The van der Waals surface area contributed by atoms with Gasteiger partial charge in [0.2, 0.25) is 0 Å². The first-order valence-corrected chi connectivity index (χ1v) is 11.1. The average molecular weight is 443 g/mol. The van der Waals surface area contributed by atoms with Crippen molar-refractivity contribution in [1.82, 2.24) is 20.2 Å². The molecule has 0 bridgehead atoms. The van der Waals surface area contributed by atoms with Gasteiger partial charge in [0.1, 0.15) is 17.0 Å². The van der Waals surface area contributed by atoms with Crippen molar-refractivity contribution in [2.24, 2.45) is 0 Å². The normalized spacial score (nSPS) is 19.0. The second-order valence-electron chi connectivity index (χ2n) is 8.79. The maximum Gasteiger partial charge on any atom is 0.272 e. The number of nitrogen functional groups attached to an aromatic ring is 1. The predicted octanol–water partition coefficient (Wildman–Crippen LogP) is 4.36. The van der Waals surface area contributed by atoms with E-state index >= 15 is 0 Å². The number of nitrogens with one attached hydrogen (secondary N) is 2. The summed E-state index contributed by atoms with van der Waals surface area (Å²) in [5.74, 6) is -0.187. The molecule has 7 nitrogen and oxygen atoms in total. The third-order valence-electron chi connectivity index (χ3n) is 6.91. The fourth-order valence-corrected chi connectivity index (χ4v) is 5.26. The number of aliphatic hydroxyl groups is 1. The third-order valence-corrected chi connectivity index (χ3v) is 6.91. The van der Waals surface area contributed by atoms with Gasteiger partial charge in [-0.05, 0) is 67.0 Å². The van der Waals surface area contributed by atoms with Gasteiger partial charge in [-0.2, -0.15) is 5.10 Å². The molecule has 0 atom stereocenters. The van der Waals surface area contributed by atoms with E-state index in [0.29, 0.717) is 22.0 Å². The SMILES string of the molecule is Nc1c(-c2ccc(F)c3[nH]ncc23)c2cc(C3CCC(O)CC3)c3ncccc3c2[nH]c1=O. The zero-order valence-electron chi connectivity index (χ0n) is 17.7. The summed E-state index contributed by atoms with van der Waals surface area (Å²) in [7, 11) is 0. The number of benzene rings is 2. The predicted molar refractivity (Wildman–Crippen MR) is 127 cm³/mol. The highest BCUT2D eigenvalue weighted by Gasteiger charge is 2.25. The number of pyridine rings is 2. The van der Waals surface area contributed by atoms with E-state index in [2.05, 4.69) is 26.2 Å². The molecule has 33 heavy (non-hydrogen) atoms. The largest absolute Gasteiger partial charge is 0.394 e. The van der Waals surface area contributed by atoms with E-state index in [-0.39, 0.29) is 23.2 Å². The number of halogens is 1. The minimum absolute atomic E-state index is 0.0739. The van der Waals surface area contributed by atoms with Gasteiger partial charge < -0.3 is 15.8 Å². The van der Waals surface area contributed by atoms with Crippen LogP contribution in [0.25, 0.3) is 43.8 Å². The van der Waals surface area contributed by atoms with E-state index in [1.807, 2.05) is 12.1 Å². The number of aromatic amines is 2. The highest BCUT2D eigenvalue weighted by atomic mass is 19.1. The molecule has 0 unspecified atom stereocenters. The summed E-state index contributed by atoms with van der Waals surface area (Å²) in [6.45, 7) is 0. The van der Waals surface area contributed by atoms with Crippen LogP contribution < -0.4 is 11.3 Å². The van der Waals surface area contributed by atoms with Crippen molar-refractivity contribution in [3.63, 3.8) is 0 Å². The second kappa shape index (κ2) is 7.38. The molecule has 5 aromatic rings. The number of aromatic nitrogens is 4. The molecule has 1 saturated carbocycles. The third kappa shape index (κ3) is 3.01. The van der Waals surface area contributed by atoms with Gasteiger partial charge in [0.15, 0.2) is 0 Å². The number of rotatable bonds is 2. The Kier molecular flexibility index (Phi) is 4.45. The maximum absolute atomic E-state index is 14.4. The minimum atomic E-state index is -0.421. The molecule has 166 valence electrons. The Bertz CT molecular complexity index is 1600. The van der Waals surface area contributed by atoms with Gasteiger partial charge in [-0.25, -0.2) is 4.39 Å².